The van der Waals surface area contributed by atoms with Crippen LogP contribution in [0.4, 0.5) is 0 Å². The highest BCUT2D eigenvalue weighted by atomic mass is 16.8. The fourth-order valence-corrected chi connectivity index (χ4v) is 11.3. The monoisotopic (exact) mass is 693 g/mol. The van der Waals surface area contributed by atoms with E-state index < -0.39 is 35.6 Å². The van der Waals surface area contributed by atoms with Crippen molar-refractivity contribution in [3.8, 4) is 0 Å². The number of fused-ring (bicyclic) bond motifs is 7. The van der Waals surface area contributed by atoms with Crippen LogP contribution in [-0.4, -0.2) is 48.0 Å². The molecular formula is C41H47N3O7. The molecule has 0 radical (unpaired) electrons. The maximum Gasteiger partial charge on any atom is 0.340 e. The highest BCUT2D eigenvalue weighted by molar-refractivity contribution is 5.90. The lowest BCUT2D eigenvalue weighted by Gasteiger charge is -2.61. The summed E-state index contributed by atoms with van der Waals surface area (Å²) in [6.07, 6.45) is 5.64. The third-order valence-corrected chi connectivity index (χ3v) is 14.1. The molecular weight excluding hydrogens is 646 g/mol. The zero-order valence-electron chi connectivity index (χ0n) is 29.8. The van der Waals surface area contributed by atoms with Gasteiger partial charge in [-0.3, -0.25) is 4.79 Å². The van der Waals surface area contributed by atoms with Gasteiger partial charge < -0.3 is 18.9 Å². The molecule has 2 saturated heterocycles. The second kappa shape index (κ2) is 12.6. The van der Waals surface area contributed by atoms with Crippen LogP contribution >= 0.6 is 0 Å². The predicted molar refractivity (Wildman–Crippen MR) is 187 cm³/mol. The van der Waals surface area contributed by atoms with Crippen LogP contribution in [-0.2, 0) is 23.7 Å². The molecule has 268 valence electrons. The SMILES string of the molecule is CC1CC[C@@]2(OC1OC(=O)c1ccccc1)O[C@H]1C=C3[C@@H]4CC[C@@H]5CC(=O)[C@H](N=[N+]=[N-])C[C@]5(C)[C@H]4C[C@@H](OC(=O)c4ccccc4)[C@]3(C)[C@H]1[C@@H]2C. The van der Waals surface area contributed by atoms with E-state index >= 15 is 0 Å². The zero-order valence-corrected chi connectivity index (χ0v) is 29.8. The molecule has 5 fully saturated rings. The Morgan fingerprint density at radius 3 is 2.25 bits per heavy atom. The molecule has 0 N–H and O–H groups in total. The van der Waals surface area contributed by atoms with Crippen LogP contribution in [0.2, 0.25) is 0 Å². The Hall–Kier alpha value is -3.98. The Morgan fingerprint density at radius 1 is 0.922 bits per heavy atom. The fraction of sp³-hybridized carbons (Fsp3) is 0.585. The molecule has 6 aliphatic rings. The highest BCUT2D eigenvalue weighted by Crippen LogP contribution is 2.70. The minimum absolute atomic E-state index is 0.0104. The summed E-state index contributed by atoms with van der Waals surface area (Å²) in [7, 11) is 0. The van der Waals surface area contributed by atoms with Crippen molar-refractivity contribution in [3.63, 3.8) is 0 Å². The molecule has 1 spiro atoms. The Bertz CT molecular complexity index is 1790. The van der Waals surface area contributed by atoms with E-state index in [2.05, 4.69) is 36.9 Å². The van der Waals surface area contributed by atoms with Crippen molar-refractivity contribution in [2.24, 2.45) is 51.5 Å². The predicted octanol–water partition coefficient (Wildman–Crippen LogP) is 8.23. The van der Waals surface area contributed by atoms with Gasteiger partial charge in [0.25, 0.3) is 0 Å². The molecule has 0 bridgehead atoms. The number of benzene rings is 2. The van der Waals surface area contributed by atoms with Gasteiger partial charge in [0.2, 0.25) is 6.29 Å². The average Bonchev–Trinajstić information content (AvgIpc) is 3.57. The normalized spacial score (nSPS) is 42.4. The van der Waals surface area contributed by atoms with Gasteiger partial charge >= 0.3 is 11.9 Å². The molecule has 4 aliphatic carbocycles. The molecule has 10 heteroatoms. The number of carbonyl (C=O) groups is 3. The lowest BCUT2D eigenvalue weighted by atomic mass is 9.44. The topological polar surface area (TPSA) is 137 Å². The summed E-state index contributed by atoms with van der Waals surface area (Å²) in [4.78, 5) is 43.1. The van der Waals surface area contributed by atoms with Crippen LogP contribution in [0.15, 0.2) is 77.4 Å². The first-order chi connectivity index (χ1) is 24.5. The first-order valence-electron chi connectivity index (χ1n) is 18.7. The molecule has 0 aromatic heterocycles. The first-order valence-corrected chi connectivity index (χ1v) is 18.7. The lowest BCUT2D eigenvalue weighted by molar-refractivity contribution is -0.334. The molecule has 2 aromatic carbocycles. The van der Waals surface area contributed by atoms with Gasteiger partial charge in [-0.25, -0.2) is 9.59 Å². The van der Waals surface area contributed by atoms with Crippen molar-refractivity contribution in [3.05, 3.63) is 93.9 Å². The fourth-order valence-electron chi connectivity index (χ4n) is 11.3. The number of esters is 2. The van der Waals surface area contributed by atoms with Gasteiger partial charge in [-0.15, -0.1) is 0 Å². The summed E-state index contributed by atoms with van der Waals surface area (Å²) in [5, 5.41) is 3.94. The van der Waals surface area contributed by atoms with Crippen molar-refractivity contribution >= 4 is 17.7 Å². The smallest absolute Gasteiger partial charge is 0.340 e. The highest BCUT2D eigenvalue weighted by Gasteiger charge is 2.70. The van der Waals surface area contributed by atoms with E-state index in [1.54, 1.807) is 24.3 Å². The minimum Gasteiger partial charge on any atom is -0.458 e. The minimum atomic E-state index is -0.963. The zero-order chi connectivity index (χ0) is 35.7. The van der Waals surface area contributed by atoms with Gasteiger partial charge in [0, 0.05) is 40.9 Å². The summed E-state index contributed by atoms with van der Waals surface area (Å²) in [5.41, 5.74) is 10.7. The van der Waals surface area contributed by atoms with Crippen LogP contribution in [0.25, 0.3) is 10.4 Å². The van der Waals surface area contributed by atoms with Gasteiger partial charge in [-0.05, 0) is 85.1 Å². The van der Waals surface area contributed by atoms with Crippen molar-refractivity contribution in [1.29, 1.82) is 0 Å². The maximum absolute atomic E-state index is 13.9. The molecule has 2 heterocycles. The largest absolute Gasteiger partial charge is 0.458 e. The number of nitrogens with zero attached hydrogens (tertiary/aromatic N) is 3. The molecule has 2 unspecified atom stereocenters. The van der Waals surface area contributed by atoms with Crippen molar-refractivity contribution in [2.45, 2.75) is 103 Å². The molecule has 0 amide bonds. The van der Waals surface area contributed by atoms with Gasteiger partial charge in [0.05, 0.1) is 23.3 Å². The summed E-state index contributed by atoms with van der Waals surface area (Å²) in [5.74, 6) is -1.35. The number of carbonyl (C=O) groups excluding carboxylic acids is 3. The third-order valence-electron chi connectivity index (χ3n) is 14.1. The van der Waals surface area contributed by atoms with Gasteiger partial charge in [-0.2, -0.15) is 0 Å². The van der Waals surface area contributed by atoms with E-state index in [0.29, 0.717) is 36.8 Å². The summed E-state index contributed by atoms with van der Waals surface area (Å²) < 4.78 is 26.4. The van der Waals surface area contributed by atoms with E-state index in [4.69, 9.17) is 18.9 Å². The maximum atomic E-state index is 13.9. The molecule has 2 aromatic rings. The number of ketones is 1. The number of rotatable bonds is 5. The van der Waals surface area contributed by atoms with Gasteiger partial charge in [0.1, 0.15) is 11.9 Å². The Balaban J connectivity index is 1.14. The van der Waals surface area contributed by atoms with Crippen LogP contribution < -0.4 is 0 Å². The molecule has 13 atom stereocenters. The number of hydrogen-bond acceptors (Lipinski definition) is 8. The molecule has 51 heavy (non-hydrogen) atoms. The van der Waals surface area contributed by atoms with Crippen molar-refractivity contribution in [1.82, 2.24) is 0 Å². The summed E-state index contributed by atoms with van der Waals surface area (Å²) in [6.45, 7) is 8.73. The summed E-state index contributed by atoms with van der Waals surface area (Å²) in [6, 6.07) is 17.4. The third kappa shape index (κ3) is 5.36. The lowest BCUT2D eigenvalue weighted by Crippen LogP contribution is -2.59. The quantitative estimate of drug-likeness (QED) is 0.101. The molecule has 2 aliphatic heterocycles. The van der Waals surface area contributed by atoms with Gasteiger partial charge in [-0.1, -0.05) is 80.9 Å². The average molecular weight is 694 g/mol. The Labute approximate surface area is 298 Å². The van der Waals surface area contributed by atoms with Crippen molar-refractivity contribution in [2.75, 3.05) is 0 Å². The van der Waals surface area contributed by atoms with E-state index in [1.807, 2.05) is 43.3 Å². The molecule has 10 nitrogen and oxygen atoms in total. The van der Waals surface area contributed by atoms with E-state index in [-0.39, 0.29) is 58.8 Å². The van der Waals surface area contributed by atoms with Gasteiger partial charge in [0.15, 0.2) is 5.79 Å². The van der Waals surface area contributed by atoms with E-state index in [1.165, 1.54) is 5.57 Å². The van der Waals surface area contributed by atoms with Crippen molar-refractivity contribution < 1.29 is 33.3 Å². The van der Waals surface area contributed by atoms with Crippen LogP contribution in [0.1, 0.15) is 93.4 Å². The Kier molecular flexibility index (Phi) is 8.43. The van der Waals surface area contributed by atoms with E-state index in [0.717, 1.165) is 19.3 Å². The number of Topliss-reactive ketones (excluding diaryl/α,β-unsaturated/α-hetero) is 1. The van der Waals surface area contributed by atoms with Crippen LogP contribution in [0, 0.1) is 46.3 Å². The van der Waals surface area contributed by atoms with Crippen LogP contribution in [0.5, 0.6) is 0 Å². The standard InChI is InChI=1S/C41H47N3O7/c1-23-17-18-41(51-38(23)49-37(47)26-13-9-6-10-14-26)24(2)35-33(50-41)20-30-28-16-15-27-19-32(45)31(43-44-42)22-39(27,3)29(28)21-34(40(30,35)4)48-36(46)25-11-7-5-8-12-25/h5-14,20,23-24,27-29,31,33-35,38H,15-19,21-22H2,1-4H3/t23?,24-,27+,28+,29-,31+,33-,34+,35-,38?,39-,40+,41-/m0/s1. The second-order valence-electron chi connectivity index (χ2n) is 16.5. The number of ether oxygens (including phenoxy) is 4. The summed E-state index contributed by atoms with van der Waals surface area (Å²) >= 11 is 0. The first kappa shape index (κ1) is 34.1. The second-order valence-corrected chi connectivity index (χ2v) is 16.5. The Morgan fingerprint density at radius 2 is 1.59 bits per heavy atom. The molecule has 8 rings (SSSR count). The molecule has 3 saturated carbocycles. The van der Waals surface area contributed by atoms with Crippen LogP contribution in [0.3, 0.4) is 0 Å². The number of azide groups is 1. The number of hydrogen-bond donors (Lipinski definition) is 0. The van der Waals surface area contributed by atoms with E-state index in [9.17, 15) is 19.9 Å².